The van der Waals surface area contributed by atoms with Crippen LogP contribution >= 0.6 is 23.2 Å². The van der Waals surface area contributed by atoms with Gasteiger partial charge in [0.1, 0.15) is 11.8 Å². The van der Waals surface area contributed by atoms with Gasteiger partial charge in [0, 0.05) is 20.0 Å². The number of aryl methyl sites for hydroxylation is 1. The normalized spacial score (nSPS) is 11.6. The molecule has 2 aromatic rings. The van der Waals surface area contributed by atoms with Gasteiger partial charge in [0.15, 0.2) is 0 Å². The first kappa shape index (κ1) is 23.0. The molecule has 0 saturated carbocycles. The lowest BCUT2D eigenvalue weighted by Gasteiger charge is -2.28. The van der Waals surface area contributed by atoms with Crippen LogP contribution in [0.4, 0.5) is 0 Å². The van der Waals surface area contributed by atoms with Crippen molar-refractivity contribution >= 4 is 35.0 Å². The summed E-state index contributed by atoms with van der Waals surface area (Å²) in [6.45, 7) is 4.41. The molecule has 0 heterocycles. The number of ether oxygens (including phenoxy) is 1. The van der Waals surface area contributed by atoms with Gasteiger partial charge in [-0.3, -0.25) is 9.59 Å². The zero-order chi connectivity index (χ0) is 21.4. The maximum atomic E-state index is 12.8. The molecule has 0 unspecified atom stereocenters. The molecular formula is C22H26Cl2N2O3. The summed E-state index contributed by atoms with van der Waals surface area (Å²) in [5.41, 5.74) is 1.97. The summed E-state index contributed by atoms with van der Waals surface area (Å²) < 4.78 is 5.69. The maximum absolute atomic E-state index is 12.8. The quantitative estimate of drug-likeness (QED) is 0.583. The van der Waals surface area contributed by atoms with Crippen molar-refractivity contribution in [3.8, 4) is 5.75 Å². The number of halogens is 2. The third kappa shape index (κ3) is 6.94. The van der Waals surface area contributed by atoms with Gasteiger partial charge in [-0.15, -0.1) is 0 Å². The second-order valence-corrected chi connectivity index (χ2v) is 7.64. The van der Waals surface area contributed by atoms with E-state index in [4.69, 9.17) is 27.9 Å². The average molecular weight is 437 g/mol. The van der Waals surface area contributed by atoms with Crippen molar-refractivity contribution in [1.82, 2.24) is 10.2 Å². The Balaban J connectivity index is 1.98. The Kier molecular flexibility index (Phi) is 8.80. The van der Waals surface area contributed by atoms with Crippen molar-refractivity contribution in [2.75, 3.05) is 13.7 Å². The number of nitrogens with zero attached hydrogens (tertiary/aromatic N) is 1. The summed E-state index contributed by atoms with van der Waals surface area (Å²) in [6.07, 6.45) is 0.819. The summed E-state index contributed by atoms with van der Waals surface area (Å²) in [4.78, 5) is 26.5. The highest BCUT2D eigenvalue weighted by molar-refractivity contribution is 6.42. The smallest absolute Gasteiger partial charge is 0.242 e. The Hall–Kier alpha value is -2.24. The van der Waals surface area contributed by atoms with E-state index in [-0.39, 0.29) is 24.8 Å². The van der Waals surface area contributed by atoms with Crippen LogP contribution in [0.2, 0.25) is 10.0 Å². The molecule has 1 N–H and O–H groups in total. The van der Waals surface area contributed by atoms with Gasteiger partial charge in [-0.05, 0) is 50.1 Å². The summed E-state index contributed by atoms with van der Waals surface area (Å²) in [5, 5.41) is 3.45. The largest absolute Gasteiger partial charge is 0.494 e. The number of carbonyl (C=O) groups excluding carboxylic acids is 2. The summed E-state index contributed by atoms with van der Waals surface area (Å²) in [7, 11) is 1.55. The Morgan fingerprint density at radius 1 is 1.10 bits per heavy atom. The van der Waals surface area contributed by atoms with Gasteiger partial charge in [-0.2, -0.15) is 0 Å². The Morgan fingerprint density at radius 2 is 1.79 bits per heavy atom. The lowest BCUT2D eigenvalue weighted by atomic mass is 10.1. The van der Waals surface area contributed by atoms with E-state index in [1.165, 1.54) is 0 Å². The number of hydrogen-bond acceptors (Lipinski definition) is 3. The zero-order valence-corrected chi connectivity index (χ0v) is 18.4. The summed E-state index contributed by atoms with van der Waals surface area (Å²) >= 11 is 12.1. The van der Waals surface area contributed by atoms with Gasteiger partial charge in [0.05, 0.1) is 16.7 Å². The number of amides is 2. The SMILES string of the molecule is CNC(=O)[C@H](C)N(Cc1ccc(Cl)c(Cl)c1)C(=O)CCCOc1ccc(C)cc1. The molecule has 7 heteroatoms. The standard InChI is InChI=1S/C22H26Cl2N2O3/c1-15-6-9-18(10-7-15)29-12-4-5-21(27)26(16(2)22(28)25-3)14-17-8-11-19(23)20(24)13-17/h6-11,13,16H,4-5,12,14H2,1-3H3,(H,25,28)/t16-/m0/s1. The van der Waals surface area contributed by atoms with E-state index in [0.717, 1.165) is 16.9 Å². The molecule has 0 spiro atoms. The fourth-order valence-corrected chi connectivity index (χ4v) is 3.14. The summed E-state index contributed by atoms with van der Waals surface area (Å²) in [5.74, 6) is 0.420. The number of hydrogen-bond donors (Lipinski definition) is 1. The van der Waals surface area contributed by atoms with Crippen LogP contribution in [-0.4, -0.2) is 36.4 Å². The molecule has 2 aromatic carbocycles. The molecule has 156 valence electrons. The van der Waals surface area contributed by atoms with E-state index in [1.807, 2.05) is 31.2 Å². The van der Waals surface area contributed by atoms with Crippen molar-refractivity contribution in [3.63, 3.8) is 0 Å². The van der Waals surface area contributed by atoms with Crippen LogP contribution in [0.1, 0.15) is 30.9 Å². The van der Waals surface area contributed by atoms with E-state index >= 15 is 0 Å². The molecule has 1 atom stereocenters. The van der Waals surface area contributed by atoms with Crippen LogP contribution in [0.5, 0.6) is 5.75 Å². The van der Waals surface area contributed by atoms with Gasteiger partial charge >= 0.3 is 0 Å². The molecular weight excluding hydrogens is 411 g/mol. The third-order valence-corrected chi connectivity index (χ3v) is 5.31. The molecule has 0 saturated heterocycles. The minimum Gasteiger partial charge on any atom is -0.494 e. The molecule has 0 bridgehead atoms. The lowest BCUT2D eigenvalue weighted by molar-refractivity contribution is -0.140. The number of benzene rings is 2. The van der Waals surface area contributed by atoms with Crippen LogP contribution < -0.4 is 10.1 Å². The topological polar surface area (TPSA) is 58.6 Å². The number of carbonyl (C=O) groups is 2. The van der Waals surface area contributed by atoms with Crippen molar-refractivity contribution in [2.24, 2.45) is 0 Å². The molecule has 0 aliphatic carbocycles. The van der Waals surface area contributed by atoms with Crippen molar-refractivity contribution in [1.29, 1.82) is 0 Å². The average Bonchev–Trinajstić information content (AvgIpc) is 2.72. The van der Waals surface area contributed by atoms with Crippen LogP contribution in [0.25, 0.3) is 0 Å². The van der Waals surface area contributed by atoms with Crippen molar-refractivity contribution < 1.29 is 14.3 Å². The van der Waals surface area contributed by atoms with E-state index in [2.05, 4.69) is 5.32 Å². The van der Waals surface area contributed by atoms with Crippen LogP contribution in [-0.2, 0) is 16.1 Å². The summed E-state index contributed by atoms with van der Waals surface area (Å²) in [6, 6.07) is 12.3. The van der Waals surface area contributed by atoms with E-state index in [0.29, 0.717) is 23.1 Å². The molecule has 0 aliphatic rings. The molecule has 29 heavy (non-hydrogen) atoms. The minimum atomic E-state index is -0.611. The zero-order valence-electron chi connectivity index (χ0n) is 16.9. The molecule has 2 rings (SSSR count). The second-order valence-electron chi connectivity index (χ2n) is 6.83. The highest BCUT2D eigenvalue weighted by Gasteiger charge is 2.25. The van der Waals surface area contributed by atoms with Gasteiger partial charge < -0.3 is 15.0 Å². The van der Waals surface area contributed by atoms with Crippen molar-refractivity contribution in [2.45, 2.75) is 39.3 Å². The fourth-order valence-electron chi connectivity index (χ4n) is 2.82. The lowest BCUT2D eigenvalue weighted by Crippen LogP contribution is -2.46. The van der Waals surface area contributed by atoms with Crippen LogP contribution in [0, 0.1) is 6.92 Å². The van der Waals surface area contributed by atoms with Crippen LogP contribution in [0.15, 0.2) is 42.5 Å². The first-order chi connectivity index (χ1) is 13.8. The number of nitrogens with one attached hydrogen (secondary N) is 1. The highest BCUT2D eigenvalue weighted by atomic mass is 35.5. The predicted octanol–water partition coefficient (Wildman–Crippen LogP) is 4.62. The maximum Gasteiger partial charge on any atom is 0.242 e. The van der Waals surface area contributed by atoms with E-state index in [1.54, 1.807) is 37.1 Å². The Labute approximate surface area is 181 Å². The first-order valence-electron chi connectivity index (χ1n) is 9.46. The van der Waals surface area contributed by atoms with E-state index < -0.39 is 6.04 Å². The number of rotatable bonds is 9. The predicted molar refractivity (Wildman–Crippen MR) is 116 cm³/mol. The number of likely N-dealkylation sites (N-methyl/N-ethyl adjacent to an activating group) is 1. The molecule has 0 aliphatic heterocycles. The molecule has 5 nitrogen and oxygen atoms in total. The molecule has 2 amide bonds. The second kappa shape index (κ2) is 11.1. The Morgan fingerprint density at radius 3 is 2.41 bits per heavy atom. The third-order valence-electron chi connectivity index (χ3n) is 4.58. The first-order valence-corrected chi connectivity index (χ1v) is 10.2. The van der Waals surface area contributed by atoms with Gasteiger partial charge in [-0.1, -0.05) is 47.0 Å². The fraction of sp³-hybridized carbons (Fsp3) is 0.364. The van der Waals surface area contributed by atoms with Crippen LogP contribution in [0.3, 0.4) is 0 Å². The monoisotopic (exact) mass is 436 g/mol. The molecule has 0 radical (unpaired) electrons. The van der Waals surface area contributed by atoms with Gasteiger partial charge in [-0.25, -0.2) is 0 Å². The van der Waals surface area contributed by atoms with Gasteiger partial charge in [0.2, 0.25) is 11.8 Å². The van der Waals surface area contributed by atoms with Crippen molar-refractivity contribution in [3.05, 3.63) is 63.6 Å². The Bertz CT molecular complexity index is 840. The van der Waals surface area contributed by atoms with Gasteiger partial charge in [0.25, 0.3) is 0 Å². The van der Waals surface area contributed by atoms with E-state index in [9.17, 15) is 9.59 Å². The minimum absolute atomic E-state index is 0.125. The molecule has 0 aromatic heterocycles. The molecule has 0 fully saturated rings. The highest BCUT2D eigenvalue weighted by Crippen LogP contribution is 2.24.